The summed E-state index contributed by atoms with van der Waals surface area (Å²) in [4.78, 5) is 27.7. The van der Waals surface area contributed by atoms with E-state index in [1.165, 1.54) is 11.1 Å². The van der Waals surface area contributed by atoms with Crippen LogP contribution in [0.4, 0.5) is 4.79 Å². The molecule has 2 aliphatic rings. The molecule has 3 amide bonds. The van der Waals surface area contributed by atoms with Crippen molar-refractivity contribution in [2.75, 3.05) is 20.1 Å². The molecule has 1 aromatic rings. The first-order valence-corrected chi connectivity index (χ1v) is 8.90. The molecule has 5 heteroatoms. The summed E-state index contributed by atoms with van der Waals surface area (Å²) in [5.74, 6) is 0.0961. The van der Waals surface area contributed by atoms with Crippen molar-refractivity contribution in [2.24, 2.45) is 0 Å². The maximum absolute atomic E-state index is 12.5. The Labute approximate surface area is 144 Å². The van der Waals surface area contributed by atoms with E-state index in [-0.39, 0.29) is 24.0 Å². The number of likely N-dealkylation sites (tertiary alicyclic amines) is 1. The number of hydrogen-bond donors (Lipinski definition) is 1. The number of aryl methyl sites for hydroxylation is 1. The third-order valence-corrected chi connectivity index (χ3v) is 5.47. The van der Waals surface area contributed by atoms with Crippen molar-refractivity contribution in [1.82, 2.24) is 15.1 Å². The fraction of sp³-hybridized carbons (Fsp3) is 0.579. The van der Waals surface area contributed by atoms with Gasteiger partial charge in [0.1, 0.15) is 0 Å². The SMILES string of the molecule is CC(=O)N(C)C1CCN(C(=O)NC2CCc3ccccc3C2)CC1. The molecule has 24 heavy (non-hydrogen) atoms. The van der Waals surface area contributed by atoms with Gasteiger partial charge in [0, 0.05) is 39.1 Å². The smallest absolute Gasteiger partial charge is 0.317 e. The number of amides is 3. The quantitative estimate of drug-likeness (QED) is 0.904. The van der Waals surface area contributed by atoms with Crippen molar-refractivity contribution in [3.8, 4) is 0 Å². The van der Waals surface area contributed by atoms with Crippen LogP contribution >= 0.6 is 0 Å². The maximum Gasteiger partial charge on any atom is 0.317 e. The lowest BCUT2D eigenvalue weighted by atomic mass is 9.88. The van der Waals surface area contributed by atoms with Crippen molar-refractivity contribution in [3.05, 3.63) is 35.4 Å². The van der Waals surface area contributed by atoms with E-state index in [1.807, 2.05) is 11.9 Å². The molecule has 1 N–H and O–H groups in total. The fourth-order valence-corrected chi connectivity index (χ4v) is 3.80. The molecule has 0 radical (unpaired) electrons. The lowest BCUT2D eigenvalue weighted by molar-refractivity contribution is -0.130. The molecule has 0 aromatic heterocycles. The van der Waals surface area contributed by atoms with E-state index in [1.54, 1.807) is 11.8 Å². The second-order valence-corrected chi connectivity index (χ2v) is 7.01. The lowest BCUT2D eigenvalue weighted by Crippen LogP contribution is -2.52. The van der Waals surface area contributed by atoms with Gasteiger partial charge in [-0.3, -0.25) is 4.79 Å². The molecule has 1 aromatic carbocycles. The molecule has 1 aliphatic heterocycles. The van der Waals surface area contributed by atoms with E-state index >= 15 is 0 Å². The Bertz CT molecular complexity index is 608. The molecule has 1 fully saturated rings. The first-order chi connectivity index (χ1) is 11.5. The summed E-state index contributed by atoms with van der Waals surface area (Å²) in [6, 6.07) is 9.03. The molecule has 3 rings (SSSR count). The van der Waals surface area contributed by atoms with Gasteiger partial charge in [-0.05, 0) is 43.2 Å². The van der Waals surface area contributed by atoms with Crippen LogP contribution in [0.5, 0.6) is 0 Å². The van der Waals surface area contributed by atoms with Crippen LogP contribution in [0, 0.1) is 0 Å². The number of carbonyl (C=O) groups is 2. The highest BCUT2D eigenvalue weighted by Gasteiger charge is 2.28. The van der Waals surface area contributed by atoms with Crippen molar-refractivity contribution in [3.63, 3.8) is 0 Å². The molecule has 1 atom stereocenters. The normalized spacial score (nSPS) is 21.1. The van der Waals surface area contributed by atoms with Crippen LogP contribution in [0.3, 0.4) is 0 Å². The molecule has 130 valence electrons. The van der Waals surface area contributed by atoms with Crippen LogP contribution in [0.2, 0.25) is 0 Å². The Balaban J connectivity index is 1.49. The Morgan fingerprint density at radius 1 is 1.12 bits per heavy atom. The van der Waals surface area contributed by atoms with Gasteiger partial charge in [0.15, 0.2) is 0 Å². The van der Waals surface area contributed by atoms with Gasteiger partial charge in [-0.25, -0.2) is 4.79 Å². The molecule has 1 unspecified atom stereocenters. The van der Waals surface area contributed by atoms with Crippen LogP contribution in [-0.2, 0) is 17.6 Å². The number of fused-ring (bicyclic) bond motifs is 1. The minimum atomic E-state index is 0.0447. The van der Waals surface area contributed by atoms with Crippen molar-refractivity contribution >= 4 is 11.9 Å². The highest BCUT2D eigenvalue weighted by atomic mass is 16.2. The van der Waals surface area contributed by atoms with Crippen LogP contribution in [0.25, 0.3) is 0 Å². The second kappa shape index (κ2) is 7.24. The van der Waals surface area contributed by atoms with Crippen molar-refractivity contribution in [1.29, 1.82) is 0 Å². The Kier molecular flexibility index (Phi) is 5.07. The minimum Gasteiger partial charge on any atom is -0.343 e. The summed E-state index contributed by atoms with van der Waals surface area (Å²) in [6.07, 6.45) is 4.68. The summed E-state index contributed by atoms with van der Waals surface area (Å²) in [7, 11) is 1.85. The number of hydrogen-bond acceptors (Lipinski definition) is 2. The predicted molar refractivity (Wildman–Crippen MR) is 93.8 cm³/mol. The zero-order chi connectivity index (χ0) is 17.1. The third-order valence-electron chi connectivity index (χ3n) is 5.47. The first-order valence-electron chi connectivity index (χ1n) is 8.90. The predicted octanol–water partition coefficient (Wildman–Crippen LogP) is 2.20. The Hall–Kier alpha value is -2.04. The standard InChI is InChI=1S/C19H27N3O2/c1-14(23)21(2)18-9-11-22(12-10-18)19(24)20-17-8-7-15-5-3-4-6-16(15)13-17/h3-6,17-18H,7-13H2,1-2H3,(H,20,24). The largest absolute Gasteiger partial charge is 0.343 e. The third kappa shape index (κ3) is 3.71. The lowest BCUT2D eigenvalue weighted by Gasteiger charge is -2.37. The summed E-state index contributed by atoms with van der Waals surface area (Å²) in [6.45, 7) is 3.04. The number of urea groups is 1. The highest BCUT2D eigenvalue weighted by molar-refractivity contribution is 5.75. The Morgan fingerprint density at radius 3 is 2.46 bits per heavy atom. The molecule has 1 heterocycles. The van der Waals surface area contributed by atoms with E-state index in [4.69, 9.17) is 0 Å². The highest BCUT2D eigenvalue weighted by Crippen LogP contribution is 2.22. The summed E-state index contributed by atoms with van der Waals surface area (Å²) < 4.78 is 0. The van der Waals surface area contributed by atoms with E-state index in [2.05, 4.69) is 29.6 Å². The monoisotopic (exact) mass is 329 g/mol. The van der Waals surface area contributed by atoms with Gasteiger partial charge >= 0.3 is 6.03 Å². The minimum absolute atomic E-state index is 0.0447. The average Bonchev–Trinajstić information content (AvgIpc) is 2.61. The molecule has 1 aliphatic carbocycles. The molecule has 0 saturated carbocycles. The van der Waals surface area contributed by atoms with E-state index in [9.17, 15) is 9.59 Å². The molecular weight excluding hydrogens is 302 g/mol. The van der Waals surface area contributed by atoms with Gasteiger partial charge in [-0.15, -0.1) is 0 Å². The molecular formula is C19H27N3O2. The summed E-state index contributed by atoms with van der Waals surface area (Å²) in [5.41, 5.74) is 2.77. The van der Waals surface area contributed by atoms with Crippen LogP contribution in [-0.4, -0.2) is 54.0 Å². The maximum atomic E-state index is 12.5. The molecule has 0 spiro atoms. The van der Waals surface area contributed by atoms with Crippen LogP contribution in [0.1, 0.15) is 37.3 Å². The van der Waals surface area contributed by atoms with Gasteiger partial charge in [-0.1, -0.05) is 24.3 Å². The number of benzene rings is 1. The van der Waals surface area contributed by atoms with Crippen molar-refractivity contribution < 1.29 is 9.59 Å². The van der Waals surface area contributed by atoms with E-state index in [0.717, 1.165) is 45.2 Å². The van der Waals surface area contributed by atoms with Gasteiger partial charge in [0.05, 0.1) is 0 Å². The van der Waals surface area contributed by atoms with E-state index in [0.29, 0.717) is 0 Å². The van der Waals surface area contributed by atoms with Gasteiger partial charge in [0.2, 0.25) is 5.91 Å². The van der Waals surface area contributed by atoms with Crippen LogP contribution < -0.4 is 5.32 Å². The van der Waals surface area contributed by atoms with Crippen LogP contribution in [0.15, 0.2) is 24.3 Å². The topological polar surface area (TPSA) is 52.7 Å². The van der Waals surface area contributed by atoms with Gasteiger partial charge < -0.3 is 15.1 Å². The van der Waals surface area contributed by atoms with Crippen molar-refractivity contribution in [2.45, 2.75) is 51.1 Å². The first kappa shape index (κ1) is 16.8. The molecule has 1 saturated heterocycles. The summed E-state index contributed by atoms with van der Waals surface area (Å²) in [5, 5.41) is 3.20. The zero-order valence-corrected chi connectivity index (χ0v) is 14.6. The second-order valence-electron chi connectivity index (χ2n) is 7.01. The molecule has 0 bridgehead atoms. The summed E-state index contributed by atoms with van der Waals surface area (Å²) >= 11 is 0. The zero-order valence-electron chi connectivity index (χ0n) is 14.6. The molecule has 5 nitrogen and oxygen atoms in total. The number of nitrogens with zero attached hydrogens (tertiary/aromatic N) is 2. The average molecular weight is 329 g/mol. The Morgan fingerprint density at radius 2 is 1.79 bits per heavy atom. The van der Waals surface area contributed by atoms with Gasteiger partial charge in [0.25, 0.3) is 0 Å². The van der Waals surface area contributed by atoms with Gasteiger partial charge in [-0.2, -0.15) is 0 Å². The van der Waals surface area contributed by atoms with E-state index < -0.39 is 0 Å². The number of piperidine rings is 1. The number of carbonyl (C=O) groups excluding carboxylic acids is 2. The number of rotatable bonds is 2. The fourth-order valence-electron chi connectivity index (χ4n) is 3.80. The number of nitrogens with one attached hydrogen (secondary N) is 1.